The molecule has 0 aliphatic carbocycles. The van der Waals surface area contributed by atoms with Gasteiger partial charge in [-0.05, 0) is 38.4 Å². The molecule has 0 amide bonds. The van der Waals surface area contributed by atoms with Gasteiger partial charge in [-0.15, -0.1) is 0 Å². The molecule has 4 rings (SSSR count). The van der Waals surface area contributed by atoms with Crippen LogP contribution in [0.1, 0.15) is 19.3 Å². The zero-order valence-electron chi connectivity index (χ0n) is 15.4. The van der Waals surface area contributed by atoms with Gasteiger partial charge < -0.3 is 19.7 Å². The van der Waals surface area contributed by atoms with Crippen molar-refractivity contribution in [3.63, 3.8) is 0 Å². The van der Waals surface area contributed by atoms with Crippen LogP contribution in [0.2, 0.25) is 0 Å². The van der Waals surface area contributed by atoms with Gasteiger partial charge in [-0.1, -0.05) is 0 Å². The van der Waals surface area contributed by atoms with Crippen LogP contribution in [0.5, 0.6) is 11.5 Å². The van der Waals surface area contributed by atoms with Gasteiger partial charge in [-0.3, -0.25) is 5.10 Å². The number of methoxy groups -OCH3 is 1. The molecule has 27 heavy (non-hydrogen) atoms. The Kier molecular flexibility index (Phi) is 5.34. The minimum Gasteiger partial charge on any atom is -0.491 e. The molecule has 4 heterocycles. The van der Waals surface area contributed by atoms with Crippen LogP contribution < -0.4 is 14.8 Å². The Morgan fingerprint density at radius 3 is 2.93 bits per heavy atom. The monoisotopic (exact) mass is 368 g/mol. The first-order valence-corrected chi connectivity index (χ1v) is 9.28. The van der Waals surface area contributed by atoms with Crippen molar-refractivity contribution < 1.29 is 9.47 Å². The number of fused-ring (bicyclic) bond motifs is 1. The molecule has 0 spiro atoms. The molecular weight excluding hydrogens is 344 g/mol. The number of hydrogen-bond acceptors (Lipinski definition) is 7. The van der Waals surface area contributed by atoms with E-state index in [1.54, 1.807) is 25.7 Å². The molecule has 0 bridgehead atoms. The number of aromatic amines is 1. The highest BCUT2D eigenvalue weighted by atomic mass is 16.5. The Hall–Kier alpha value is -2.87. The SMILES string of the molecule is COc1cnc(Nc2ccnc3[nH]ncc23)cc1OCCCN1CCCC1. The minimum absolute atomic E-state index is 0.630. The largest absolute Gasteiger partial charge is 0.491 e. The van der Waals surface area contributed by atoms with Gasteiger partial charge in [0.1, 0.15) is 5.82 Å². The zero-order valence-corrected chi connectivity index (χ0v) is 15.4. The number of nitrogens with one attached hydrogen (secondary N) is 2. The van der Waals surface area contributed by atoms with Crippen molar-refractivity contribution in [2.75, 3.05) is 38.7 Å². The molecule has 1 aliphatic rings. The molecule has 0 unspecified atom stereocenters. The van der Waals surface area contributed by atoms with E-state index in [9.17, 15) is 0 Å². The second kappa shape index (κ2) is 8.22. The first-order valence-electron chi connectivity index (χ1n) is 9.28. The number of hydrogen-bond donors (Lipinski definition) is 2. The number of pyridine rings is 2. The summed E-state index contributed by atoms with van der Waals surface area (Å²) in [5, 5.41) is 11.1. The summed E-state index contributed by atoms with van der Waals surface area (Å²) in [5.74, 6) is 2.00. The van der Waals surface area contributed by atoms with Crippen LogP contribution in [-0.4, -0.2) is 58.4 Å². The summed E-state index contributed by atoms with van der Waals surface area (Å²) in [6.45, 7) is 4.15. The molecule has 3 aromatic rings. The van der Waals surface area contributed by atoms with Gasteiger partial charge in [0, 0.05) is 18.8 Å². The third-order valence-corrected chi connectivity index (χ3v) is 4.74. The van der Waals surface area contributed by atoms with Crippen LogP contribution in [0.15, 0.2) is 30.7 Å². The van der Waals surface area contributed by atoms with Crippen LogP contribution in [0, 0.1) is 0 Å². The van der Waals surface area contributed by atoms with E-state index in [4.69, 9.17) is 9.47 Å². The van der Waals surface area contributed by atoms with Gasteiger partial charge in [-0.25, -0.2) is 9.97 Å². The number of anilines is 2. The van der Waals surface area contributed by atoms with Crippen molar-refractivity contribution in [2.45, 2.75) is 19.3 Å². The van der Waals surface area contributed by atoms with E-state index in [0.717, 1.165) is 29.7 Å². The lowest BCUT2D eigenvalue weighted by Gasteiger charge is -2.16. The maximum Gasteiger partial charge on any atom is 0.179 e. The number of H-pyrrole nitrogens is 1. The quantitative estimate of drug-likeness (QED) is 0.591. The smallest absolute Gasteiger partial charge is 0.179 e. The Morgan fingerprint density at radius 2 is 2.07 bits per heavy atom. The maximum absolute atomic E-state index is 5.98. The van der Waals surface area contributed by atoms with E-state index >= 15 is 0 Å². The fourth-order valence-corrected chi connectivity index (χ4v) is 3.33. The standard InChI is InChI=1S/C19H24N6O2/c1-26-17-13-21-18(23-15-5-6-20-19-14(15)12-22-24-19)11-16(17)27-10-4-9-25-7-2-3-8-25/h5-6,11-13H,2-4,7-10H2,1H3,(H2,20,21,22,23,24). The van der Waals surface area contributed by atoms with Crippen LogP contribution in [0.25, 0.3) is 11.0 Å². The van der Waals surface area contributed by atoms with Gasteiger partial charge in [0.25, 0.3) is 0 Å². The van der Waals surface area contributed by atoms with E-state index in [1.165, 1.54) is 25.9 Å². The van der Waals surface area contributed by atoms with Gasteiger partial charge in [0.05, 0.1) is 37.2 Å². The van der Waals surface area contributed by atoms with E-state index in [2.05, 4.69) is 30.4 Å². The molecule has 3 aromatic heterocycles. The highest BCUT2D eigenvalue weighted by Gasteiger charge is 2.12. The zero-order chi connectivity index (χ0) is 18.5. The average molecular weight is 368 g/mol. The summed E-state index contributed by atoms with van der Waals surface area (Å²) in [5.41, 5.74) is 1.61. The number of rotatable bonds is 8. The number of likely N-dealkylation sites (tertiary alicyclic amines) is 1. The molecule has 8 heteroatoms. The Balaban J connectivity index is 1.43. The minimum atomic E-state index is 0.630. The van der Waals surface area contributed by atoms with E-state index < -0.39 is 0 Å². The van der Waals surface area contributed by atoms with Crippen LogP contribution in [0.4, 0.5) is 11.5 Å². The fraction of sp³-hybridized carbons (Fsp3) is 0.421. The average Bonchev–Trinajstić information content (AvgIpc) is 3.37. The van der Waals surface area contributed by atoms with Gasteiger partial charge in [0.15, 0.2) is 17.1 Å². The van der Waals surface area contributed by atoms with Crippen molar-refractivity contribution >= 4 is 22.5 Å². The Morgan fingerprint density at radius 1 is 1.19 bits per heavy atom. The van der Waals surface area contributed by atoms with Gasteiger partial charge in [-0.2, -0.15) is 5.10 Å². The summed E-state index contributed by atoms with van der Waals surface area (Å²) >= 11 is 0. The number of aromatic nitrogens is 4. The molecule has 1 aliphatic heterocycles. The summed E-state index contributed by atoms with van der Waals surface area (Å²) in [6.07, 6.45) is 8.76. The molecule has 0 aromatic carbocycles. The van der Waals surface area contributed by atoms with Crippen molar-refractivity contribution in [1.82, 2.24) is 25.1 Å². The van der Waals surface area contributed by atoms with E-state index in [0.29, 0.717) is 23.9 Å². The van der Waals surface area contributed by atoms with Crippen molar-refractivity contribution in [3.8, 4) is 11.5 Å². The first kappa shape index (κ1) is 17.5. The summed E-state index contributed by atoms with van der Waals surface area (Å²) in [6, 6.07) is 3.75. The Bertz CT molecular complexity index is 891. The first-order chi connectivity index (χ1) is 13.3. The number of ether oxygens (including phenoxy) is 2. The maximum atomic E-state index is 5.98. The van der Waals surface area contributed by atoms with E-state index in [-0.39, 0.29) is 0 Å². The molecule has 8 nitrogen and oxygen atoms in total. The fourth-order valence-electron chi connectivity index (χ4n) is 3.33. The highest BCUT2D eigenvalue weighted by Crippen LogP contribution is 2.31. The predicted octanol–water partition coefficient (Wildman–Crippen LogP) is 2.97. The molecule has 1 fully saturated rings. The third kappa shape index (κ3) is 4.11. The lowest BCUT2D eigenvalue weighted by atomic mass is 10.3. The number of nitrogens with zero attached hydrogens (tertiary/aromatic N) is 4. The van der Waals surface area contributed by atoms with Crippen molar-refractivity contribution in [3.05, 3.63) is 30.7 Å². The molecule has 0 atom stereocenters. The lowest BCUT2D eigenvalue weighted by molar-refractivity contribution is 0.254. The molecular formula is C19H24N6O2. The lowest BCUT2D eigenvalue weighted by Crippen LogP contribution is -2.21. The van der Waals surface area contributed by atoms with E-state index in [1.807, 2.05) is 12.1 Å². The molecule has 142 valence electrons. The van der Waals surface area contributed by atoms with Crippen molar-refractivity contribution in [2.24, 2.45) is 0 Å². The predicted molar refractivity (Wildman–Crippen MR) is 104 cm³/mol. The molecule has 0 radical (unpaired) electrons. The molecule has 1 saturated heterocycles. The summed E-state index contributed by atoms with van der Waals surface area (Å²) in [7, 11) is 1.62. The molecule has 2 N–H and O–H groups in total. The normalized spacial score (nSPS) is 14.6. The van der Waals surface area contributed by atoms with Crippen LogP contribution >= 0.6 is 0 Å². The summed E-state index contributed by atoms with van der Waals surface area (Å²) < 4.78 is 11.4. The van der Waals surface area contributed by atoms with Crippen LogP contribution in [-0.2, 0) is 0 Å². The summed E-state index contributed by atoms with van der Waals surface area (Å²) in [4.78, 5) is 11.1. The van der Waals surface area contributed by atoms with Crippen LogP contribution in [0.3, 0.4) is 0 Å². The second-order valence-electron chi connectivity index (χ2n) is 6.59. The van der Waals surface area contributed by atoms with Gasteiger partial charge >= 0.3 is 0 Å². The van der Waals surface area contributed by atoms with Crippen molar-refractivity contribution in [1.29, 1.82) is 0 Å². The third-order valence-electron chi connectivity index (χ3n) is 4.74. The molecule has 0 saturated carbocycles. The second-order valence-corrected chi connectivity index (χ2v) is 6.59. The highest BCUT2D eigenvalue weighted by molar-refractivity contribution is 5.89. The topological polar surface area (TPSA) is 88.2 Å². The van der Waals surface area contributed by atoms with Gasteiger partial charge in [0.2, 0.25) is 0 Å². The Labute approximate surface area is 157 Å².